The van der Waals surface area contributed by atoms with Gasteiger partial charge in [-0.15, -0.1) is 0 Å². The standard InChI is InChI=1S/C21H23ClO5/c1-14-15(5-3-7-20(25)27-13-18(24)12-23)4-2-6-19(14)21(26)16-8-10-17(22)11-9-16/h2,4,6,8-11,18,23-24H,3,5,7,12-13H2,1H3. The highest BCUT2D eigenvalue weighted by atomic mass is 35.5. The summed E-state index contributed by atoms with van der Waals surface area (Å²) in [5.74, 6) is -0.489. The molecule has 1 unspecified atom stereocenters. The minimum atomic E-state index is -1.05. The molecular weight excluding hydrogens is 368 g/mol. The Bertz CT molecular complexity index is 786. The van der Waals surface area contributed by atoms with Gasteiger partial charge in [-0.2, -0.15) is 0 Å². The highest BCUT2D eigenvalue weighted by Gasteiger charge is 2.14. The van der Waals surface area contributed by atoms with Crippen LogP contribution in [0, 0.1) is 6.92 Å². The van der Waals surface area contributed by atoms with Gasteiger partial charge in [0.05, 0.1) is 6.61 Å². The largest absolute Gasteiger partial charge is 0.463 e. The molecule has 0 aliphatic carbocycles. The number of carbonyl (C=O) groups is 2. The molecule has 0 heterocycles. The molecular formula is C21H23ClO5. The van der Waals surface area contributed by atoms with E-state index >= 15 is 0 Å². The van der Waals surface area contributed by atoms with Crippen LogP contribution in [0.15, 0.2) is 42.5 Å². The minimum Gasteiger partial charge on any atom is -0.463 e. The molecule has 0 bridgehead atoms. The number of hydrogen-bond donors (Lipinski definition) is 2. The van der Waals surface area contributed by atoms with Gasteiger partial charge >= 0.3 is 5.97 Å². The Hall–Kier alpha value is -2.21. The van der Waals surface area contributed by atoms with Gasteiger partial charge in [-0.25, -0.2) is 0 Å². The second-order valence-electron chi connectivity index (χ2n) is 6.30. The van der Waals surface area contributed by atoms with Gasteiger partial charge in [0.1, 0.15) is 12.7 Å². The maximum absolute atomic E-state index is 12.7. The van der Waals surface area contributed by atoms with Crippen molar-refractivity contribution in [1.82, 2.24) is 0 Å². The normalized spacial score (nSPS) is 11.9. The van der Waals surface area contributed by atoms with Gasteiger partial charge in [0.15, 0.2) is 5.78 Å². The van der Waals surface area contributed by atoms with Gasteiger partial charge in [0.25, 0.3) is 0 Å². The molecule has 6 heteroatoms. The topological polar surface area (TPSA) is 83.8 Å². The van der Waals surface area contributed by atoms with Crippen molar-refractivity contribution in [2.45, 2.75) is 32.3 Å². The molecule has 0 aliphatic heterocycles. The van der Waals surface area contributed by atoms with Gasteiger partial charge in [-0.3, -0.25) is 9.59 Å². The zero-order chi connectivity index (χ0) is 19.8. The molecule has 2 aromatic rings. The van der Waals surface area contributed by atoms with Gasteiger partial charge in [-0.1, -0.05) is 29.8 Å². The summed E-state index contributed by atoms with van der Waals surface area (Å²) in [6.45, 7) is 1.24. The fourth-order valence-corrected chi connectivity index (χ4v) is 2.82. The van der Waals surface area contributed by atoms with Crippen molar-refractivity contribution in [1.29, 1.82) is 0 Å². The van der Waals surface area contributed by atoms with E-state index in [4.69, 9.17) is 21.4 Å². The molecule has 0 aromatic heterocycles. The van der Waals surface area contributed by atoms with Crippen LogP contribution < -0.4 is 0 Å². The molecule has 0 saturated heterocycles. The first-order valence-electron chi connectivity index (χ1n) is 8.75. The summed E-state index contributed by atoms with van der Waals surface area (Å²) in [6.07, 6.45) is 0.345. The molecule has 0 spiro atoms. The first-order valence-corrected chi connectivity index (χ1v) is 9.13. The molecule has 0 saturated carbocycles. The Morgan fingerprint density at radius 2 is 1.85 bits per heavy atom. The molecule has 5 nitrogen and oxygen atoms in total. The van der Waals surface area contributed by atoms with Gasteiger partial charge in [-0.05, 0) is 55.2 Å². The zero-order valence-electron chi connectivity index (χ0n) is 15.2. The van der Waals surface area contributed by atoms with E-state index in [1.165, 1.54) is 0 Å². The predicted molar refractivity (Wildman–Crippen MR) is 103 cm³/mol. The van der Waals surface area contributed by atoms with E-state index in [0.29, 0.717) is 29.0 Å². The molecule has 0 radical (unpaired) electrons. The third-order valence-electron chi connectivity index (χ3n) is 4.27. The lowest BCUT2D eigenvalue weighted by molar-refractivity contribution is -0.147. The maximum Gasteiger partial charge on any atom is 0.305 e. The van der Waals surface area contributed by atoms with Crippen LogP contribution in [0.1, 0.15) is 39.9 Å². The number of benzene rings is 2. The monoisotopic (exact) mass is 390 g/mol. The number of hydrogen-bond acceptors (Lipinski definition) is 5. The van der Waals surface area contributed by atoms with Crippen molar-refractivity contribution in [3.8, 4) is 0 Å². The Balaban J connectivity index is 1.97. The molecule has 2 rings (SSSR count). The molecule has 144 valence electrons. The highest BCUT2D eigenvalue weighted by molar-refractivity contribution is 6.30. The van der Waals surface area contributed by atoms with Crippen LogP contribution in [0.4, 0.5) is 0 Å². The Morgan fingerprint density at radius 1 is 1.15 bits per heavy atom. The molecule has 2 aromatic carbocycles. The summed E-state index contributed by atoms with van der Waals surface area (Å²) in [5.41, 5.74) is 3.09. The first kappa shape index (κ1) is 21.1. The van der Waals surface area contributed by atoms with Crippen LogP contribution in [0.5, 0.6) is 0 Å². The maximum atomic E-state index is 12.7. The van der Waals surface area contributed by atoms with Crippen LogP contribution in [-0.2, 0) is 16.0 Å². The lowest BCUT2D eigenvalue weighted by Crippen LogP contribution is -2.21. The minimum absolute atomic E-state index is 0.0663. The van der Waals surface area contributed by atoms with Gasteiger partial charge in [0, 0.05) is 22.6 Å². The summed E-state index contributed by atoms with van der Waals surface area (Å²) < 4.78 is 4.88. The third kappa shape index (κ3) is 6.17. The summed E-state index contributed by atoms with van der Waals surface area (Å²) in [7, 11) is 0. The smallest absolute Gasteiger partial charge is 0.305 e. The van der Waals surface area contributed by atoms with Crippen molar-refractivity contribution in [3.05, 3.63) is 69.7 Å². The number of aryl methyl sites for hydroxylation is 1. The van der Waals surface area contributed by atoms with Crippen LogP contribution in [0.2, 0.25) is 5.02 Å². The lowest BCUT2D eigenvalue weighted by atomic mass is 9.93. The quantitative estimate of drug-likeness (QED) is 0.507. The summed E-state index contributed by atoms with van der Waals surface area (Å²) in [6, 6.07) is 12.3. The average molecular weight is 391 g/mol. The van der Waals surface area contributed by atoms with Crippen molar-refractivity contribution in [2.24, 2.45) is 0 Å². The van der Waals surface area contributed by atoms with E-state index in [-0.39, 0.29) is 18.8 Å². The number of halogens is 1. The van der Waals surface area contributed by atoms with Crippen molar-refractivity contribution < 1.29 is 24.5 Å². The summed E-state index contributed by atoms with van der Waals surface area (Å²) >= 11 is 5.87. The SMILES string of the molecule is Cc1c(CCCC(=O)OCC(O)CO)cccc1C(=O)c1ccc(Cl)cc1. The molecule has 0 fully saturated rings. The molecule has 0 aliphatic rings. The molecule has 1 atom stereocenters. The Kier molecular flexibility index (Phi) is 7.98. The van der Waals surface area contributed by atoms with Crippen molar-refractivity contribution in [3.63, 3.8) is 0 Å². The van der Waals surface area contributed by atoms with E-state index in [1.807, 2.05) is 19.1 Å². The fraction of sp³-hybridized carbons (Fsp3) is 0.333. The van der Waals surface area contributed by atoms with Crippen LogP contribution in [-0.4, -0.2) is 41.3 Å². The first-order chi connectivity index (χ1) is 12.9. The van der Waals surface area contributed by atoms with E-state index in [1.54, 1.807) is 30.3 Å². The Morgan fingerprint density at radius 3 is 2.52 bits per heavy atom. The highest BCUT2D eigenvalue weighted by Crippen LogP contribution is 2.20. The summed E-state index contributed by atoms with van der Waals surface area (Å²) in [4.78, 5) is 24.4. The number of ketones is 1. The van der Waals surface area contributed by atoms with E-state index in [0.717, 1.165) is 11.1 Å². The average Bonchev–Trinajstić information content (AvgIpc) is 2.67. The number of aliphatic hydroxyl groups is 2. The van der Waals surface area contributed by atoms with Gasteiger partial charge < -0.3 is 14.9 Å². The van der Waals surface area contributed by atoms with Crippen LogP contribution in [0.3, 0.4) is 0 Å². The van der Waals surface area contributed by atoms with Crippen molar-refractivity contribution in [2.75, 3.05) is 13.2 Å². The molecule has 2 N–H and O–H groups in total. The number of rotatable bonds is 9. The lowest BCUT2D eigenvalue weighted by Gasteiger charge is -2.11. The number of ether oxygens (including phenoxy) is 1. The number of aliphatic hydroxyl groups excluding tert-OH is 2. The zero-order valence-corrected chi connectivity index (χ0v) is 15.9. The molecule has 27 heavy (non-hydrogen) atoms. The van der Waals surface area contributed by atoms with Gasteiger partial charge in [0.2, 0.25) is 0 Å². The van der Waals surface area contributed by atoms with Crippen LogP contribution in [0.25, 0.3) is 0 Å². The van der Waals surface area contributed by atoms with E-state index in [2.05, 4.69) is 0 Å². The third-order valence-corrected chi connectivity index (χ3v) is 4.52. The number of carbonyl (C=O) groups excluding carboxylic acids is 2. The van der Waals surface area contributed by atoms with Crippen molar-refractivity contribution >= 4 is 23.4 Å². The van der Waals surface area contributed by atoms with E-state index in [9.17, 15) is 14.7 Å². The van der Waals surface area contributed by atoms with Crippen LogP contribution >= 0.6 is 11.6 Å². The van der Waals surface area contributed by atoms with E-state index < -0.39 is 18.7 Å². The number of esters is 1. The second kappa shape index (κ2) is 10.2. The Labute approximate surface area is 163 Å². The predicted octanol–water partition coefficient (Wildman–Crippen LogP) is 3.10. The summed E-state index contributed by atoms with van der Waals surface area (Å²) in [5, 5.41) is 18.4. The fourth-order valence-electron chi connectivity index (χ4n) is 2.69. The molecule has 0 amide bonds. The second-order valence-corrected chi connectivity index (χ2v) is 6.74.